The topological polar surface area (TPSA) is 3.24 Å². The Morgan fingerprint density at radius 2 is 1.79 bits per heavy atom. The van der Waals surface area contributed by atoms with Crippen molar-refractivity contribution in [2.24, 2.45) is 0 Å². The summed E-state index contributed by atoms with van der Waals surface area (Å²) in [5.41, 5.74) is 4.06. The van der Waals surface area contributed by atoms with Gasteiger partial charge in [-0.1, -0.05) is 60.1 Å². The van der Waals surface area contributed by atoms with E-state index < -0.39 is 0 Å². The average molecular weight is 354 g/mol. The zero-order chi connectivity index (χ0) is 16.5. The summed E-state index contributed by atoms with van der Waals surface area (Å²) in [6.45, 7) is 4.23. The monoisotopic (exact) mass is 353 g/mol. The highest BCUT2D eigenvalue weighted by Crippen LogP contribution is 2.41. The van der Waals surface area contributed by atoms with Crippen LogP contribution in [0.3, 0.4) is 0 Å². The molecule has 0 saturated heterocycles. The number of rotatable bonds is 3. The van der Waals surface area contributed by atoms with Gasteiger partial charge in [-0.2, -0.15) is 0 Å². The van der Waals surface area contributed by atoms with Gasteiger partial charge in [-0.05, 0) is 41.1 Å². The predicted molar refractivity (Wildman–Crippen MR) is 103 cm³/mol. The van der Waals surface area contributed by atoms with Crippen LogP contribution in [0.5, 0.6) is 0 Å². The quantitative estimate of drug-likeness (QED) is 0.563. The van der Waals surface area contributed by atoms with Gasteiger partial charge in [0.05, 0.1) is 0 Å². The third-order valence-electron chi connectivity index (χ3n) is 4.98. The largest absolute Gasteiger partial charge is 0.291 e. The van der Waals surface area contributed by atoms with Crippen LogP contribution in [0, 0.1) is 0 Å². The molecule has 2 aromatic carbocycles. The maximum atomic E-state index is 6.40. The van der Waals surface area contributed by atoms with Crippen LogP contribution in [0.2, 0.25) is 5.02 Å². The summed E-state index contributed by atoms with van der Waals surface area (Å²) in [5.74, 6) is 0.428. The SMILES string of the molecule is C[C@@H]1[C@@H](c2ccccc2)c2sccc2CN1Cc1ccccc1Cl. The molecule has 0 N–H and O–H groups in total. The Morgan fingerprint density at radius 3 is 2.58 bits per heavy atom. The van der Waals surface area contributed by atoms with Crippen LogP contribution in [-0.4, -0.2) is 10.9 Å². The molecule has 0 spiro atoms. The van der Waals surface area contributed by atoms with E-state index in [1.54, 1.807) is 0 Å². The van der Waals surface area contributed by atoms with E-state index in [-0.39, 0.29) is 0 Å². The van der Waals surface area contributed by atoms with Gasteiger partial charge in [-0.15, -0.1) is 11.3 Å². The summed E-state index contributed by atoms with van der Waals surface area (Å²) in [6.07, 6.45) is 0. The van der Waals surface area contributed by atoms with Gasteiger partial charge in [-0.3, -0.25) is 4.90 Å². The molecule has 4 rings (SSSR count). The number of hydrogen-bond acceptors (Lipinski definition) is 2. The van der Waals surface area contributed by atoms with E-state index >= 15 is 0 Å². The van der Waals surface area contributed by atoms with Crippen LogP contribution in [0.4, 0.5) is 0 Å². The Bertz CT molecular complexity index is 827. The minimum atomic E-state index is 0.428. The zero-order valence-electron chi connectivity index (χ0n) is 13.7. The first-order valence-corrected chi connectivity index (χ1v) is 9.58. The molecule has 1 aliphatic heterocycles. The molecule has 3 aromatic rings. The van der Waals surface area contributed by atoms with Gasteiger partial charge >= 0.3 is 0 Å². The third-order valence-corrected chi connectivity index (χ3v) is 6.40. The highest BCUT2D eigenvalue weighted by atomic mass is 35.5. The molecule has 0 amide bonds. The summed E-state index contributed by atoms with van der Waals surface area (Å²) in [5, 5.41) is 3.09. The molecule has 0 radical (unpaired) electrons. The molecule has 0 unspecified atom stereocenters. The van der Waals surface area contributed by atoms with Gasteiger partial charge < -0.3 is 0 Å². The molecule has 3 heteroatoms. The molecule has 1 aliphatic rings. The van der Waals surface area contributed by atoms with Crippen LogP contribution in [-0.2, 0) is 13.1 Å². The third kappa shape index (κ3) is 2.90. The molecule has 1 aromatic heterocycles. The molecule has 0 saturated carbocycles. The van der Waals surface area contributed by atoms with E-state index in [4.69, 9.17) is 11.6 Å². The molecule has 0 fully saturated rings. The van der Waals surface area contributed by atoms with Gasteiger partial charge in [-0.25, -0.2) is 0 Å². The number of fused-ring (bicyclic) bond motifs is 1. The minimum absolute atomic E-state index is 0.428. The van der Waals surface area contributed by atoms with Crippen molar-refractivity contribution in [2.45, 2.75) is 32.0 Å². The Kier molecular flexibility index (Phi) is 4.45. The maximum Gasteiger partial charge on any atom is 0.0451 e. The van der Waals surface area contributed by atoms with Crippen molar-refractivity contribution in [3.63, 3.8) is 0 Å². The van der Waals surface area contributed by atoms with Crippen LogP contribution in [0.15, 0.2) is 66.0 Å². The highest BCUT2D eigenvalue weighted by molar-refractivity contribution is 7.10. The Morgan fingerprint density at radius 1 is 1.04 bits per heavy atom. The Balaban J connectivity index is 1.70. The van der Waals surface area contributed by atoms with Gasteiger partial charge in [0.1, 0.15) is 0 Å². The molecule has 2 heterocycles. The van der Waals surface area contributed by atoms with Crippen LogP contribution >= 0.6 is 22.9 Å². The lowest BCUT2D eigenvalue weighted by atomic mass is 9.85. The van der Waals surface area contributed by atoms with E-state index in [0.717, 1.165) is 18.1 Å². The summed E-state index contributed by atoms with van der Waals surface area (Å²) < 4.78 is 0. The first-order chi connectivity index (χ1) is 11.7. The Hall–Kier alpha value is -1.61. The molecule has 0 bridgehead atoms. The second kappa shape index (κ2) is 6.72. The van der Waals surface area contributed by atoms with Gasteiger partial charge in [0.25, 0.3) is 0 Å². The van der Waals surface area contributed by atoms with Crippen LogP contribution < -0.4 is 0 Å². The number of hydrogen-bond donors (Lipinski definition) is 0. The molecule has 24 heavy (non-hydrogen) atoms. The molecular formula is C21H20ClNS. The first-order valence-electron chi connectivity index (χ1n) is 8.32. The van der Waals surface area contributed by atoms with Crippen molar-refractivity contribution in [3.05, 3.63) is 92.6 Å². The highest BCUT2D eigenvalue weighted by Gasteiger charge is 2.34. The predicted octanol–water partition coefficient (Wildman–Crippen LogP) is 5.94. The molecule has 1 nitrogen and oxygen atoms in total. The molecule has 122 valence electrons. The molecule has 2 atom stereocenters. The van der Waals surface area contributed by atoms with Crippen molar-refractivity contribution in [3.8, 4) is 0 Å². The molecule has 0 aliphatic carbocycles. The van der Waals surface area contributed by atoms with Crippen LogP contribution in [0.1, 0.15) is 34.4 Å². The number of nitrogens with zero attached hydrogens (tertiary/aromatic N) is 1. The van der Waals surface area contributed by atoms with Crippen LogP contribution in [0.25, 0.3) is 0 Å². The van der Waals surface area contributed by atoms with E-state index in [2.05, 4.69) is 65.7 Å². The fourth-order valence-electron chi connectivity index (χ4n) is 3.68. The van der Waals surface area contributed by atoms with E-state index in [0.29, 0.717) is 12.0 Å². The number of benzene rings is 2. The second-order valence-electron chi connectivity index (χ2n) is 6.44. The number of thiophene rings is 1. The van der Waals surface area contributed by atoms with E-state index in [1.807, 2.05) is 23.5 Å². The summed E-state index contributed by atoms with van der Waals surface area (Å²) in [4.78, 5) is 4.07. The summed E-state index contributed by atoms with van der Waals surface area (Å²) in [6, 6.07) is 21.8. The summed E-state index contributed by atoms with van der Waals surface area (Å²) in [7, 11) is 0. The average Bonchev–Trinajstić information content (AvgIpc) is 3.06. The normalized spacial score (nSPS) is 20.8. The van der Waals surface area contributed by atoms with Crippen molar-refractivity contribution in [1.29, 1.82) is 0 Å². The fourth-order valence-corrected chi connectivity index (χ4v) is 5.02. The standard InChI is InChI=1S/C21H20ClNS/c1-15-20(16-7-3-2-4-8-16)21-18(11-12-24-21)14-23(15)13-17-9-5-6-10-19(17)22/h2-12,15,20H,13-14H2,1H3/t15-,20+/m1/s1. The smallest absolute Gasteiger partial charge is 0.0451 e. The van der Waals surface area contributed by atoms with Gasteiger partial charge in [0, 0.05) is 34.9 Å². The Labute approximate surface area is 152 Å². The van der Waals surface area contributed by atoms with Crippen molar-refractivity contribution >= 4 is 22.9 Å². The van der Waals surface area contributed by atoms with E-state index in [1.165, 1.54) is 21.6 Å². The van der Waals surface area contributed by atoms with Gasteiger partial charge in [0.2, 0.25) is 0 Å². The second-order valence-corrected chi connectivity index (χ2v) is 7.79. The van der Waals surface area contributed by atoms with Crippen molar-refractivity contribution < 1.29 is 0 Å². The number of halogens is 1. The van der Waals surface area contributed by atoms with Crippen molar-refractivity contribution in [1.82, 2.24) is 4.90 Å². The lowest BCUT2D eigenvalue weighted by molar-refractivity contribution is 0.162. The van der Waals surface area contributed by atoms with E-state index in [9.17, 15) is 0 Å². The summed E-state index contributed by atoms with van der Waals surface area (Å²) >= 11 is 8.29. The minimum Gasteiger partial charge on any atom is -0.291 e. The lowest BCUT2D eigenvalue weighted by Gasteiger charge is -2.39. The van der Waals surface area contributed by atoms with Gasteiger partial charge in [0.15, 0.2) is 0 Å². The maximum absolute atomic E-state index is 6.40. The van der Waals surface area contributed by atoms with Crippen molar-refractivity contribution in [2.75, 3.05) is 0 Å². The lowest BCUT2D eigenvalue weighted by Crippen LogP contribution is -2.40. The molecular weight excluding hydrogens is 334 g/mol. The zero-order valence-corrected chi connectivity index (χ0v) is 15.2. The first kappa shape index (κ1) is 15.9. The fraction of sp³-hybridized carbons (Fsp3) is 0.238.